The lowest BCUT2D eigenvalue weighted by atomic mass is 10.0. The van der Waals surface area contributed by atoms with E-state index < -0.39 is 0 Å². The quantitative estimate of drug-likeness (QED) is 0.901. The van der Waals surface area contributed by atoms with Gasteiger partial charge < -0.3 is 10.2 Å². The molecule has 0 spiro atoms. The Hall–Kier alpha value is -1.10. The van der Waals surface area contributed by atoms with Crippen LogP contribution in [0.5, 0.6) is 0 Å². The van der Waals surface area contributed by atoms with Crippen molar-refractivity contribution in [2.24, 2.45) is 0 Å². The summed E-state index contributed by atoms with van der Waals surface area (Å²) < 4.78 is 0. The van der Waals surface area contributed by atoms with E-state index in [4.69, 9.17) is 0 Å². The first-order valence-corrected chi connectivity index (χ1v) is 7.84. The highest BCUT2D eigenvalue weighted by Gasteiger charge is 2.18. The maximum Gasteiger partial charge on any atom is 0.223 e. The minimum Gasteiger partial charge on any atom is -0.340 e. The van der Waals surface area contributed by atoms with E-state index in [2.05, 4.69) is 55.4 Å². The third-order valence-electron chi connectivity index (χ3n) is 4.45. The molecule has 0 radical (unpaired) electrons. The van der Waals surface area contributed by atoms with E-state index in [1.54, 1.807) is 0 Å². The molecule has 1 atom stereocenters. The normalized spacial score (nSPS) is 16.3. The Bertz CT molecular complexity index is 475. The van der Waals surface area contributed by atoms with Gasteiger partial charge in [-0.2, -0.15) is 0 Å². The Labute approximate surface area is 140 Å². The molecule has 124 valence electrons. The summed E-state index contributed by atoms with van der Waals surface area (Å²) in [5.74, 6) is 0.278. The number of benzene rings is 1. The van der Waals surface area contributed by atoms with Crippen molar-refractivity contribution >= 4 is 18.3 Å². The number of rotatable bonds is 5. The molecule has 1 aromatic rings. The monoisotopic (exact) mass is 325 g/mol. The van der Waals surface area contributed by atoms with Crippen LogP contribution in [0.4, 0.5) is 0 Å². The zero-order valence-electron chi connectivity index (χ0n) is 13.8. The number of carbonyl (C=O) groups is 1. The van der Waals surface area contributed by atoms with Crippen LogP contribution in [0.3, 0.4) is 0 Å². The smallest absolute Gasteiger partial charge is 0.223 e. The molecule has 1 unspecified atom stereocenters. The maximum atomic E-state index is 12.2. The van der Waals surface area contributed by atoms with Crippen molar-refractivity contribution in [3.05, 3.63) is 35.4 Å². The summed E-state index contributed by atoms with van der Waals surface area (Å²) in [6.45, 7) is 8.68. The molecule has 2 rings (SSSR count). The molecule has 0 aromatic heterocycles. The Morgan fingerprint density at radius 1 is 1.32 bits per heavy atom. The average molecular weight is 326 g/mol. The SMILES string of the molecule is Cc1ccccc1C(C)N(C)CCC(=O)N1CCNCC1.Cl. The highest BCUT2D eigenvalue weighted by atomic mass is 35.5. The largest absolute Gasteiger partial charge is 0.340 e. The lowest BCUT2D eigenvalue weighted by molar-refractivity contribution is -0.132. The Morgan fingerprint density at radius 2 is 1.95 bits per heavy atom. The number of nitrogens with one attached hydrogen (secondary N) is 1. The number of amides is 1. The summed E-state index contributed by atoms with van der Waals surface area (Å²) in [5, 5.41) is 3.28. The van der Waals surface area contributed by atoms with Gasteiger partial charge in [0.2, 0.25) is 5.91 Å². The van der Waals surface area contributed by atoms with Gasteiger partial charge in [0.05, 0.1) is 0 Å². The van der Waals surface area contributed by atoms with E-state index in [0.717, 1.165) is 32.7 Å². The van der Waals surface area contributed by atoms with Crippen molar-refractivity contribution in [1.82, 2.24) is 15.1 Å². The number of nitrogens with zero attached hydrogens (tertiary/aromatic N) is 2. The maximum absolute atomic E-state index is 12.2. The number of hydrogen-bond donors (Lipinski definition) is 1. The molecule has 1 aromatic carbocycles. The molecular weight excluding hydrogens is 298 g/mol. The molecule has 1 heterocycles. The lowest BCUT2D eigenvalue weighted by Crippen LogP contribution is -2.47. The summed E-state index contributed by atoms with van der Waals surface area (Å²) in [6.07, 6.45) is 0.604. The zero-order chi connectivity index (χ0) is 15.2. The first-order chi connectivity index (χ1) is 10.1. The third kappa shape index (κ3) is 4.97. The summed E-state index contributed by atoms with van der Waals surface area (Å²) in [4.78, 5) is 16.4. The standard InChI is InChI=1S/C17H27N3O.ClH/c1-14-6-4-5-7-16(14)15(2)19(3)11-8-17(21)20-12-9-18-10-13-20;/h4-7,15,18H,8-13H2,1-3H3;1H. The summed E-state index contributed by atoms with van der Waals surface area (Å²) in [5.41, 5.74) is 2.65. The van der Waals surface area contributed by atoms with Crippen molar-refractivity contribution < 1.29 is 4.79 Å². The number of carbonyl (C=O) groups excluding carboxylic acids is 1. The molecule has 1 fully saturated rings. The Morgan fingerprint density at radius 3 is 2.59 bits per heavy atom. The Balaban J connectivity index is 0.00000242. The van der Waals surface area contributed by atoms with Crippen molar-refractivity contribution in [1.29, 1.82) is 0 Å². The number of piperazine rings is 1. The predicted molar refractivity (Wildman–Crippen MR) is 93.5 cm³/mol. The van der Waals surface area contributed by atoms with Crippen LogP contribution in [0.2, 0.25) is 0 Å². The summed E-state index contributed by atoms with van der Waals surface area (Å²) in [6, 6.07) is 8.81. The van der Waals surface area contributed by atoms with E-state index in [1.807, 2.05) is 4.90 Å². The van der Waals surface area contributed by atoms with Crippen LogP contribution in [0, 0.1) is 6.92 Å². The van der Waals surface area contributed by atoms with Gasteiger partial charge in [0.25, 0.3) is 0 Å². The minimum absolute atomic E-state index is 0. The molecule has 4 nitrogen and oxygen atoms in total. The van der Waals surface area contributed by atoms with Crippen LogP contribution in [0.15, 0.2) is 24.3 Å². The van der Waals surface area contributed by atoms with Crippen molar-refractivity contribution in [3.63, 3.8) is 0 Å². The third-order valence-corrected chi connectivity index (χ3v) is 4.45. The first-order valence-electron chi connectivity index (χ1n) is 7.84. The lowest BCUT2D eigenvalue weighted by Gasteiger charge is -2.30. The van der Waals surface area contributed by atoms with Crippen LogP contribution < -0.4 is 5.32 Å². The van der Waals surface area contributed by atoms with Crippen LogP contribution >= 0.6 is 12.4 Å². The molecule has 22 heavy (non-hydrogen) atoms. The average Bonchev–Trinajstić information content (AvgIpc) is 2.53. The highest BCUT2D eigenvalue weighted by molar-refractivity contribution is 5.85. The van der Waals surface area contributed by atoms with Crippen molar-refractivity contribution in [3.8, 4) is 0 Å². The molecule has 0 aliphatic carbocycles. The van der Waals surface area contributed by atoms with E-state index in [1.165, 1.54) is 11.1 Å². The van der Waals surface area contributed by atoms with Gasteiger partial charge in [-0.1, -0.05) is 24.3 Å². The van der Waals surface area contributed by atoms with Crippen molar-refractivity contribution in [2.75, 3.05) is 39.8 Å². The van der Waals surface area contributed by atoms with Crippen LogP contribution in [0.1, 0.15) is 30.5 Å². The van der Waals surface area contributed by atoms with Crippen LogP contribution in [-0.2, 0) is 4.79 Å². The fourth-order valence-electron chi connectivity index (χ4n) is 2.83. The second kappa shape index (κ2) is 9.13. The second-order valence-corrected chi connectivity index (χ2v) is 5.89. The van der Waals surface area contributed by atoms with Gasteiger partial charge in [0, 0.05) is 45.2 Å². The topological polar surface area (TPSA) is 35.6 Å². The van der Waals surface area contributed by atoms with E-state index >= 15 is 0 Å². The first kappa shape index (κ1) is 18.9. The van der Waals surface area contributed by atoms with E-state index in [9.17, 15) is 4.79 Å². The number of aryl methyl sites for hydroxylation is 1. The molecule has 1 aliphatic heterocycles. The van der Waals surface area contributed by atoms with Gasteiger partial charge in [-0.15, -0.1) is 12.4 Å². The van der Waals surface area contributed by atoms with E-state index in [0.29, 0.717) is 12.5 Å². The molecule has 1 amide bonds. The highest BCUT2D eigenvalue weighted by Crippen LogP contribution is 2.22. The summed E-state index contributed by atoms with van der Waals surface area (Å²) in [7, 11) is 2.10. The molecular formula is C17H28ClN3O. The van der Waals surface area contributed by atoms with E-state index in [-0.39, 0.29) is 18.3 Å². The van der Waals surface area contributed by atoms with Crippen LogP contribution in [0.25, 0.3) is 0 Å². The molecule has 1 N–H and O–H groups in total. The molecule has 5 heteroatoms. The zero-order valence-corrected chi connectivity index (χ0v) is 14.7. The minimum atomic E-state index is 0. The fraction of sp³-hybridized carbons (Fsp3) is 0.588. The second-order valence-electron chi connectivity index (χ2n) is 5.89. The van der Waals surface area contributed by atoms with Crippen LogP contribution in [-0.4, -0.2) is 55.5 Å². The predicted octanol–water partition coefficient (Wildman–Crippen LogP) is 2.23. The fourth-order valence-corrected chi connectivity index (χ4v) is 2.83. The summed E-state index contributed by atoms with van der Waals surface area (Å²) >= 11 is 0. The van der Waals surface area contributed by atoms with Gasteiger partial charge in [-0.3, -0.25) is 9.69 Å². The number of halogens is 1. The molecule has 1 saturated heterocycles. The van der Waals surface area contributed by atoms with Crippen molar-refractivity contribution in [2.45, 2.75) is 26.3 Å². The van der Waals surface area contributed by atoms with Gasteiger partial charge >= 0.3 is 0 Å². The number of hydrogen-bond acceptors (Lipinski definition) is 3. The Kier molecular flexibility index (Phi) is 7.87. The van der Waals surface area contributed by atoms with Gasteiger partial charge in [0.15, 0.2) is 0 Å². The van der Waals surface area contributed by atoms with Gasteiger partial charge in [0.1, 0.15) is 0 Å². The molecule has 0 bridgehead atoms. The molecule has 0 saturated carbocycles. The van der Waals surface area contributed by atoms with Gasteiger partial charge in [-0.05, 0) is 32.0 Å². The van der Waals surface area contributed by atoms with Gasteiger partial charge in [-0.25, -0.2) is 0 Å². The molecule has 1 aliphatic rings.